The Hall–Kier alpha value is -2.52. The summed E-state index contributed by atoms with van der Waals surface area (Å²) in [6.45, 7) is 8.96. The van der Waals surface area contributed by atoms with Crippen molar-refractivity contribution in [2.45, 2.75) is 56.3 Å². The number of piperazine rings is 1. The molecule has 3 aliphatic rings. The van der Waals surface area contributed by atoms with Crippen LogP contribution in [0.1, 0.15) is 49.4 Å². The van der Waals surface area contributed by atoms with Gasteiger partial charge in [0.25, 0.3) is 0 Å². The number of amides is 1. The number of ether oxygens (including phenoxy) is 2. The third kappa shape index (κ3) is 5.25. The van der Waals surface area contributed by atoms with Crippen LogP contribution in [-0.2, 0) is 17.9 Å². The van der Waals surface area contributed by atoms with Gasteiger partial charge in [-0.15, -0.1) is 16.8 Å². The summed E-state index contributed by atoms with van der Waals surface area (Å²) < 4.78 is 13.0. The van der Waals surface area contributed by atoms with Crippen LogP contribution in [0.5, 0.6) is 11.5 Å². The standard InChI is InChI=1S/C25H33N5O3S/c1-2-10-30-24(20-6-4-3-5-7-20)26-27-25(30)34-17-23(31)29-13-11-28(12-14-29)16-19-8-9-21-22(15-19)33-18-32-21/h2,8-9,15,20H,1,3-7,10-14,16-18H2. The second-order valence-electron chi connectivity index (χ2n) is 9.21. The third-order valence-electron chi connectivity index (χ3n) is 6.92. The van der Waals surface area contributed by atoms with E-state index in [2.05, 4.69) is 38.4 Å². The number of nitrogens with zero attached hydrogens (tertiary/aromatic N) is 5. The van der Waals surface area contributed by atoms with Crippen LogP contribution in [0.2, 0.25) is 0 Å². The molecule has 1 aliphatic carbocycles. The lowest BCUT2D eigenvalue weighted by atomic mass is 9.89. The van der Waals surface area contributed by atoms with Gasteiger partial charge >= 0.3 is 0 Å². The molecule has 2 fully saturated rings. The molecule has 3 heterocycles. The van der Waals surface area contributed by atoms with E-state index in [1.807, 2.05) is 17.0 Å². The first-order valence-corrected chi connectivity index (χ1v) is 13.3. The molecule has 34 heavy (non-hydrogen) atoms. The van der Waals surface area contributed by atoms with E-state index in [9.17, 15) is 4.79 Å². The fraction of sp³-hybridized carbons (Fsp3) is 0.560. The molecule has 0 unspecified atom stereocenters. The van der Waals surface area contributed by atoms with Crippen molar-refractivity contribution in [3.05, 3.63) is 42.2 Å². The monoisotopic (exact) mass is 483 g/mol. The SMILES string of the molecule is C=CCn1c(SCC(=O)N2CCN(Cc3ccc4c(c3)OCO4)CC2)nnc1C1CCCCC1. The van der Waals surface area contributed by atoms with Crippen molar-refractivity contribution in [1.82, 2.24) is 24.6 Å². The molecule has 0 N–H and O–H groups in total. The Kier molecular flexibility index (Phi) is 7.39. The zero-order valence-electron chi connectivity index (χ0n) is 19.7. The minimum absolute atomic E-state index is 0.167. The maximum Gasteiger partial charge on any atom is 0.233 e. The Balaban J connectivity index is 1.12. The number of fused-ring (bicyclic) bond motifs is 1. The van der Waals surface area contributed by atoms with E-state index in [4.69, 9.17) is 9.47 Å². The highest BCUT2D eigenvalue weighted by Crippen LogP contribution is 2.34. The van der Waals surface area contributed by atoms with Gasteiger partial charge in [-0.3, -0.25) is 9.69 Å². The first-order valence-electron chi connectivity index (χ1n) is 12.3. The van der Waals surface area contributed by atoms with Crippen molar-refractivity contribution in [1.29, 1.82) is 0 Å². The normalized spacial score (nSPS) is 18.9. The Morgan fingerprint density at radius 3 is 2.68 bits per heavy atom. The molecule has 2 aliphatic heterocycles. The van der Waals surface area contributed by atoms with Crippen molar-refractivity contribution < 1.29 is 14.3 Å². The molecule has 1 aromatic carbocycles. The summed E-state index contributed by atoms with van der Waals surface area (Å²) in [5.74, 6) is 3.73. The van der Waals surface area contributed by atoms with Gasteiger partial charge in [-0.2, -0.15) is 0 Å². The molecule has 1 saturated heterocycles. The second-order valence-corrected chi connectivity index (χ2v) is 10.2. The molecule has 182 valence electrons. The van der Waals surface area contributed by atoms with Crippen molar-refractivity contribution in [2.75, 3.05) is 38.7 Å². The lowest BCUT2D eigenvalue weighted by Crippen LogP contribution is -2.48. The number of hydrogen-bond acceptors (Lipinski definition) is 7. The molecule has 0 spiro atoms. The number of aromatic nitrogens is 3. The largest absolute Gasteiger partial charge is 0.454 e. The summed E-state index contributed by atoms with van der Waals surface area (Å²) in [5.41, 5.74) is 1.20. The summed E-state index contributed by atoms with van der Waals surface area (Å²) in [6.07, 6.45) is 8.07. The molecular weight excluding hydrogens is 450 g/mol. The molecular formula is C25H33N5O3S. The maximum atomic E-state index is 12.9. The average Bonchev–Trinajstić information content (AvgIpc) is 3.50. The first-order chi connectivity index (χ1) is 16.7. The highest BCUT2D eigenvalue weighted by molar-refractivity contribution is 7.99. The lowest BCUT2D eigenvalue weighted by Gasteiger charge is -2.34. The molecule has 2 aromatic rings. The van der Waals surface area contributed by atoms with E-state index >= 15 is 0 Å². The average molecular weight is 484 g/mol. The van der Waals surface area contributed by atoms with Gasteiger partial charge in [-0.25, -0.2) is 0 Å². The van der Waals surface area contributed by atoms with Crippen LogP contribution in [0, 0.1) is 0 Å². The summed E-state index contributed by atoms with van der Waals surface area (Å²) in [5, 5.41) is 9.79. The van der Waals surface area contributed by atoms with Crippen LogP contribution in [0.4, 0.5) is 0 Å². The lowest BCUT2D eigenvalue weighted by molar-refractivity contribution is -0.130. The molecule has 1 amide bonds. The smallest absolute Gasteiger partial charge is 0.233 e. The molecule has 5 rings (SSSR count). The Bertz CT molecular complexity index is 1010. The van der Waals surface area contributed by atoms with E-state index in [1.54, 1.807) is 0 Å². The zero-order valence-corrected chi connectivity index (χ0v) is 20.5. The first kappa shape index (κ1) is 23.2. The van der Waals surface area contributed by atoms with Gasteiger partial charge in [0.05, 0.1) is 5.75 Å². The molecule has 0 bridgehead atoms. The zero-order chi connectivity index (χ0) is 23.3. The summed E-state index contributed by atoms with van der Waals surface area (Å²) in [6, 6.07) is 6.11. The topological polar surface area (TPSA) is 72.7 Å². The van der Waals surface area contributed by atoms with Gasteiger partial charge in [0.2, 0.25) is 12.7 Å². The summed E-state index contributed by atoms with van der Waals surface area (Å²) in [7, 11) is 0. The van der Waals surface area contributed by atoms with Crippen molar-refractivity contribution in [3.63, 3.8) is 0 Å². The Morgan fingerprint density at radius 2 is 1.88 bits per heavy atom. The van der Waals surface area contributed by atoms with Gasteiger partial charge < -0.3 is 18.9 Å². The van der Waals surface area contributed by atoms with E-state index in [0.29, 0.717) is 25.0 Å². The number of carbonyl (C=O) groups excluding carboxylic acids is 1. The predicted molar refractivity (Wildman–Crippen MR) is 131 cm³/mol. The number of benzene rings is 1. The van der Waals surface area contributed by atoms with E-state index in [0.717, 1.165) is 55.2 Å². The second kappa shape index (κ2) is 10.8. The van der Waals surface area contributed by atoms with Gasteiger partial charge in [0.15, 0.2) is 16.7 Å². The van der Waals surface area contributed by atoms with Gasteiger partial charge in [-0.05, 0) is 30.5 Å². The van der Waals surface area contributed by atoms with E-state index < -0.39 is 0 Å². The van der Waals surface area contributed by atoms with Crippen molar-refractivity contribution in [2.24, 2.45) is 0 Å². The van der Waals surface area contributed by atoms with Crippen molar-refractivity contribution in [3.8, 4) is 11.5 Å². The minimum atomic E-state index is 0.167. The van der Waals surface area contributed by atoms with Crippen LogP contribution in [0.15, 0.2) is 36.0 Å². The third-order valence-corrected chi connectivity index (χ3v) is 7.87. The van der Waals surface area contributed by atoms with Crippen LogP contribution in [0.3, 0.4) is 0 Å². The van der Waals surface area contributed by atoms with Gasteiger partial charge in [-0.1, -0.05) is 43.2 Å². The highest BCUT2D eigenvalue weighted by atomic mass is 32.2. The maximum absolute atomic E-state index is 12.9. The van der Waals surface area contributed by atoms with E-state index in [1.165, 1.54) is 49.4 Å². The van der Waals surface area contributed by atoms with Crippen LogP contribution in [0.25, 0.3) is 0 Å². The predicted octanol–water partition coefficient (Wildman–Crippen LogP) is 3.68. The number of hydrogen-bond donors (Lipinski definition) is 0. The Labute approximate surface area is 205 Å². The number of carbonyl (C=O) groups is 1. The molecule has 0 radical (unpaired) electrons. The van der Waals surface area contributed by atoms with Crippen molar-refractivity contribution >= 4 is 17.7 Å². The quantitative estimate of drug-likeness (QED) is 0.419. The van der Waals surface area contributed by atoms with Crippen LogP contribution >= 0.6 is 11.8 Å². The molecule has 0 atom stereocenters. The molecule has 1 aromatic heterocycles. The fourth-order valence-electron chi connectivity index (χ4n) is 5.04. The van der Waals surface area contributed by atoms with Gasteiger partial charge in [0.1, 0.15) is 5.82 Å². The van der Waals surface area contributed by atoms with E-state index in [-0.39, 0.29) is 5.91 Å². The fourth-order valence-corrected chi connectivity index (χ4v) is 5.90. The summed E-state index contributed by atoms with van der Waals surface area (Å²) in [4.78, 5) is 17.3. The summed E-state index contributed by atoms with van der Waals surface area (Å²) >= 11 is 1.50. The molecule has 9 heteroatoms. The van der Waals surface area contributed by atoms with Crippen LogP contribution < -0.4 is 9.47 Å². The van der Waals surface area contributed by atoms with Crippen LogP contribution in [-0.4, -0.2) is 69.2 Å². The minimum Gasteiger partial charge on any atom is -0.454 e. The number of thioether (sulfide) groups is 1. The number of rotatable bonds is 8. The Morgan fingerprint density at radius 1 is 1.09 bits per heavy atom. The number of allylic oxidation sites excluding steroid dienone is 1. The highest BCUT2D eigenvalue weighted by Gasteiger charge is 2.25. The molecule has 8 nitrogen and oxygen atoms in total. The van der Waals surface area contributed by atoms with Gasteiger partial charge in [0, 0.05) is 45.2 Å². The molecule has 1 saturated carbocycles.